The number of carbonyl (C=O) groups excluding carboxylic acids is 1. The van der Waals surface area contributed by atoms with E-state index in [1.165, 1.54) is 34.2 Å². The van der Waals surface area contributed by atoms with Crippen molar-refractivity contribution in [1.82, 2.24) is 8.87 Å². The van der Waals surface area contributed by atoms with Crippen LogP contribution in [0.15, 0.2) is 58.2 Å². The number of hydrogen-bond donors (Lipinski definition) is 1. The van der Waals surface area contributed by atoms with Crippen molar-refractivity contribution in [3.8, 4) is 5.75 Å². The van der Waals surface area contributed by atoms with Gasteiger partial charge in [0.15, 0.2) is 0 Å². The zero-order valence-electron chi connectivity index (χ0n) is 20.3. The molecule has 1 saturated heterocycles. The summed E-state index contributed by atoms with van der Waals surface area (Å²) < 4.78 is 34.5. The Bertz CT molecular complexity index is 1390. The van der Waals surface area contributed by atoms with E-state index < -0.39 is 22.0 Å². The van der Waals surface area contributed by atoms with Gasteiger partial charge in [0, 0.05) is 30.2 Å². The molecule has 1 amide bonds. The molecular formula is C26H31N3O5S. The number of methoxy groups -OCH3 is 1. The van der Waals surface area contributed by atoms with E-state index in [1.54, 1.807) is 25.1 Å². The number of nitrogens with zero attached hydrogens (tertiary/aromatic N) is 2. The molecule has 1 fully saturated rings. The maximum absolute atomic E-state index is 13.1. The number of carbonyl (C=O) groups is 1. The first-order valence-electron chi connectivity index (χ1n) is 11.8. The highest BCUT2D eigenvalue weighted by Gasteiger charge is 2.26. The van der Waals surface area contributed by atoms with Gasteiger partial charge in [-0.1, -0.05) is 25.0 Å². The van der Waals surface area contributed by atoms with Gasteiger partial charge in [0.2, 0.25) is 15.9 Å². The number of amides is 1. The minimum Gasteiger partial charge on any atom is -0.495 e. The van der Waals surface area contributed by atoms with E-state index >= 15 is 0 Å². The van der Waals surface area contributed by atoms with Crippen LogP contribution >= 0.6 is 0 Å². The van der Waals surface area contributed by atoms with Crippen LogP contribution in [0.25, 0.3) is 10.9 Å². The molecule has 9 heteroatoms. The highest BCUT2D eigenvalue weighted by atomic mass is 32.2. The SMILES string of the molecule is COc1cccc2c(C)cc(=O)n(C(C)C(=O)Nc3ccc(S(=O)(=O)N4CCCCCC4)cc3)c12. The summed E-state index contributed by atoms with van der Waals surface area (Å²) in [6.07, 6.45) is 3.81. The number of aromatic nitrogens is 1. The Kier molecular flexibility index (Phi) is 7.28. The number of para-hydroxylation sites is 1. The van der Waals surface area contributed by atoms with Crippen molar-refractivity contribution < 1.29 is 17.9 Å². The molecule has 35 heavy (non-hydrogen) atoms. The molecule has 1 aliphatic heterocycles. The quantitative estimate of drug-likeness (QED) is 0.553. The molecule has 0 saturated carbocycles. The number of sulfonamides is 1. The molecule has 186 valence electrons. The van der Waals surface area contributed by atoms with Gasteiger partial charge in [-0.25, -0.2) is 8.42 Å². The average Bonchev–Trinajstić information content (AvgIpc) is 3.14. The highest BCUT2D eigenvalue weighted by Crippen LogP contribution is 2.29. The molecule has 1 atom stereocenters. The van der Waals surface area contributed by atoms with Crippen LogP contribution in [0.5, 0.6) is 5.75 Å². The third-order valence-corrected chi connectivity index (χ3v) is 8.47. The first-order valence-corrected chi connectivity index (χ1v) is 13.3. The first-order chi connectivity index (χ1) is 16.7. The van der Waals surface area contributed by atoms with Crippen LogP contribution in [0, 0.1) is 6.92 Å². The summed E-state index contributed by atoms with van der Waals surface area (Å²) in [6.45, 7) is 4.55. The number of fused-ring (bicyclic) bond motifs is 1. The topological polar surface area (TPSA) is 97.7 Å². The van der Waals surface area contributed by atoms with E-state index in [-0.39, 0.29) is 10.5 Å². The molecule has 0 radical (unpaired) electrons. The third-order valence-electron chi connectivity index (χ3n) is 6.55. The van der Waals surface area contributed by atoms with Crippen LogP contribution < -0.4 is 15.6 Å². The normalized spacial score (nSPS) is 16.0. The summed E-state index contributed by atoms with van der Waals surface area (Å²) in [6, 6.07) is 12.3. The summed E-state index contributed by atoms with van der Waals surface area (Å²) >= 11 is 0. The van der Waals surface area contributed by atoms with Gasteiger partial charge in [0.1, 0.15) is 11.8 Å². The largest absolute Gasteiger partial charge is 0.495 e. The smallest absolute Gasteiger partial charge is 0.252 e. The number of pyridine rings is 1. The summed E-state index contributed by atoms with van der Waals surface area (Å²) in [5.41, 5.74) is 1.50. The number of anilines is 1. The van der Waals surface area contributed by atoms with Crippen molar-refractivity contribution in [3.05, 3.63) is 64.4 Å². The van der Waals surface area contributed by atoms with Gasteiger partial charge in [-0.05, 0) is 62.6 Å². The lowest BCUT2D eigenvalue weighted by molar-refractivity contribution is -0.118. The molecule has 1 N–H and O–H groups in total. The predicted octanol–water partition coefficient (Wildman–Crippen LogP) is 4.08. The van der Waals surface area contributed by atoms with E-state index in [0.29, 0.717) is 30.0 Å². The number of hydrogen-bond acceptors (Lipinski definition) is 5. The number of rotatable bonds is 6. The third kappa shape index (κ3) is 4.97. The number of nitrogens with one attached hydrogen (secondary N) is 1. The van der Waals surface area contributed by atoms with Gasteiger partial charge in [0.05, 0.1) is 17.5 Å². The second kappa shape index (κ2) is 10.2. The molecule has 1 unspecified atom stereocenters. The van der Waals surface area contributed by atoms with E-state index in [9.17, 15) is 18.0 Å². The summed E-state index contributed by atoms with van der Waals surface area (Å²) in [5, 5.41) is 3.63. The van der Waals surface area contributed by atoms with Gasteiger partial charge in [-0.3, -0.25) is 14.2 Å². The lowest BCUT2D eigenvalue weighted by atomic mass is 10.1. The molecule has 1 aliphatic rings. The van der Waals surface area contributed by atoms with Crippen LogP contribution in [-0.4, -0.2) is 43.4 Å². The van der Waals surface area contributed by atoms with Crippen molar-refractivity contribution in [2.75, 3.05) is 25.5 Å². The van der Waals surface area contributed by atoms with Gasteiger partial charge in [-0.2, -0.15) is 4.31 Å². The Morgan fingerprint density at radius 1 is 1.03 bits per heavy atom. The lowest BCUT2D eigenvalue weighted by Crippen LogP contribution is -2.32. The molecular weight excluding hydrogens is 466 g/mol. The number of benzene rings is 2. The molecule has 1 aromatic heterocycles. The standard InChI is InChI=1S/C26H31N3O5S/c1-18-17-24(30)29(25-22(18)9-8-10-23(25)34-3)19(2)26(31)27-20-11-13-21(14-12-20)35(32,33)28-15-6-4-5-7-16-28/h8-14,17,19H,4-7,15-16H2,1-3H3,(H,27,31). The molecule has 4 rings (SSSR count). The van der Waals surface area contributed by atoms with Crippen molar-refractivity contribution in [2.24, 2.45) is 0 Å². The molecule has 2 aromatic carbocycles. The zero-order chi connectivity index (χ0) is 25.2. The van der Waals surface area contributed by atoms with Gasteiger partial charge in [-0.15, -0.1) is 0 Å². The minimum absolute atomic E-state index is 0.205. The van der Waals surface area contributed by atoms with Crippen LogP contribution in [-0.2, 0) is 14.8 Å². The van der Waals surface area contributed by atoms with Gasteiger partial charge >= 0.3 is 0 Å². The van der Waals surface area contributed by atoms with Crippen molar-refractivity contribution in [3.63, 3.8) is 0 Å². The van der Waals surface area contributed by atoms with E-state index in [0.717, 1.165) is 36.6 Å². The Hall–Kier alpha value is -3.17. The molecule has 0 aliphatic carbocycles. The van der Waals surface area contributed by atoms with E-state index in [1.807, 2.05) is 19.1 Å². The second-order valence-corrected chi connectivity index (χ2v) is 10.8. The maximum atomic E-state index is 13.1. The summed E-state index contributed by atoms with van der Waals surface area (Å²) in [7, 11) is -2.04. The lowest BCUT2D eigenvalue weighted by Gasteiger charge is -2.21. The van der Waals surface area contributed by atoms with Crippen LogP contribution in [0.3, 0.4) is 0 Å². The Morgan fingerprint density at radius 3 is 2.31 bits per heavy atom. The Labute approximate surface area is 205 Å². The zero-order valence-corrected chi connectivity index (χ0v) is 21.1. The second-order valence-electron chi connectivity index (χ2n) is 8.90. The Balaban J connectivity index is 1.58. The van der Waals surface area contributed by atoms with E-state index in [4.69, 9.17) is 4.74 Å². The summed E-state index contributed by atoms with van der Waals surface area (Å²) in [5.74, 6) is 0.109. The fourth-order valence-electron chi connectivity index (χ4n) is 4.59. The molecule has 8 nitrogen and oxygen atoms in total. The van der Waals surface area contributed by atoms with Crippen LogP contribution in [0.4, 0.5) is 5.69 Å². The molecule has 0 bridgehead atoms. The fraction of sp³-hybridized carbons (Fsp3) is 0.385. The monoisotopic (exact) mass is 497 g/mol. The van der Waals surface area contributed by atoms with Crippen LogP contribution in [0.2, 0.25) is 0 Å². The molecule has 3 aromatic rings. The van der Waals surface area contributed by atoms with Crippen molar-refractivity contribution >= 4 is 32.5 Å². The van der Waals surface area contributed by atoms with Crippen molar-refractivity contribution in [1.29, 1.82) is 0 Å². The maximum Gasteiger partial charge on any atom is 0.252 e. The fourth-order valence-corrected chi connectivity index (χ4v) is 6.10. The Morgan fingerprint density at radius 2 is 1.69 bits per heavy atom. The molecule has 2 heterocycles. The van der Waals surface area contributed by atoms with Crippen molar-refractivity contribution in [2.45, 2.75) is 50.5 Å². The number of ether oxygens (including phenoxy) is 1. The van der Waals surface area contributed by atoms with Crippen LogP contribution in [0.1, 0.15) is 44.2 Å². The highest BCUT2D eigenvalue weighted by molar-refractivity contribution is 7.89. The average molecular weight is 498 g/mol. The predicted molar refractivity (Wildman–Crippen MR) is 137 cm³/mol. The minimum atomic E-state index is -3.57. The van der Waals surface area contributed by atoms with Gasteiger partial charge in [0.25, 0.3) is 5.56 Å². The first kappa shape index (κ1) is 24.9. The van der Waals surface area contributed by atoms with Gasteiger partial charge < -0.3 is 10.1 Å². The summed E-state index contributed by atoms with van der Waals surface area (Å²) in [4.78, 5) is 26.2. The number of aryl methyl sites for hydroxylation is 1. The van der Waals surface area contributed by atoms with E-state index in [2.05, 4.69) is 5.32 Å². The molecule has 0 spiro atoms.